The van der Waals surface area contributed by atoms with E-state index in [0.717, 1.165) is 27.8 Å². The van der Waals surface area contributed by atoms with Gasteiger partial charge in [-0.3, -0.25) is 14.2 Å². The molecule has 0 aliphatic heterocycles. The van der Waals surface area contributed by atoms with Gasteiger partial charge in [0.2, 0.25) is 0 Å². The Hall–Kier alpha value is -3.73. The van der Waals surface area contributed by atoms with Crippen molar-refractivity contribution in [1.82, 2.24) is 9.55 Å². The van der Waals surface area contributed by atoms with Gasteiger partial charge in [-0.25, -0.2) is 4.98 Å². The predicted octanol–water partition coefficient (Wildman–Crippen LogP) is 4.90. The zero-order chi connectivity index (χ0) is 21.6. The number of esters is 1. The Morgan fingerprint density at radius 3 is 2.45 bits per heavy atom. The Bertz CT molecular complexity index is 1250. The van der Waals surface area contributed by atoms with Crippen molar-refractivity contribution in [1.29, 1.82) is 0 Å². The van der Waals surface area contributed by atoms with Gasteiger partial charge in [-0.2, -0.15) is 0 Å². The molecule has 4 aromatic rings. The molecule has 0 saturated carbocycles. The van der Waals surface area contributed by atoms with Crippen LogP contribution < -0.4 is 5.56 Å². The van der Waals surface area contributed by atoms with Crippen LogP contribution in [0.5, 0.6) is 0 Å². The van der Waals surface area contributed by atoms with Crippen LogP contribution in [0.1, 0.15) is 24.0 Å². The van der Waals surface area contributed by atoms with E-state index >= 15 is 0 Å². The fourth-order valence-electron chi connectivity index (χ4n) is 3.55. The highest BCUT2D eigenvalue weighted by Gasteiger charge is 2.08. The van der Waals surface area contributed by atoms with Crippen LogP contribution in [0.15, 0.2) is 83.9 Å². The number of hydrogen-bond acceptors (Lipinski definition) is 4. The molecule has 0 radical (unpaired) electrons. The van der Waals surface area contributed by atoms with Crippen LogP contribution in [-0.2, 0) is 22.7 Å². The molecular formula is C26H24N2O3. The van der Waals surface area contributed by atoms with Crippen LogP contribution >= 0.6 is 0 Å². The molecule has 0 atom stereocenters. The lowest BCUT2D eigenvalue weighted by atomic mass is 10.0. The Balaban J connectivity index is 1.28. The molecule has 0 N–H and O–H groups in total. The number of ether oxygens (including phenoxy) is 1. The predicted molar refractivity (Wildman–Crippen MR) is 122 cm³/mol. The van der Waals surface area contributed by atoms with E-state index in [2.05, 4.69) is 17.1 Å². The van der Waals surface area contributed by atoms with E-state index in [-0.39, 0.29) is 24.6 Å². The molecule has 0 spiro atoms. The lowest BCUT2D eigenvalue weighted by Gasteiger charge is -2.08. The molecule has 1 heterocycles. The molecule has 4 rings (SSSR count). The number of aromatic nitrogens is 2. The number of carbonyl (C=O) groups is 1. The van der Waals surface area contributed by atoms with Gasteiger partial charge in [-0.1, -0.05) is 66.7 Å². The summed E-state index contributed by atoms with van der Waals surface area (Å²) < 4.78 is 6.94. The molecule has 156 valence electrons. The third-order valence-corrected chi connectivity index (χ3v) is 5.30. The van der Waals surface area contributed by atoms with Crippen LogP contribution in [0.4, 0.5) is 0 Å². The molecule has 0 bridgehead atoms. The number of hydrogen-bond donors (Lipinski definition) is 0. The lowest BCUT2D eigenvalue weighted by Crippen LogP contribution is -2.21. The molecule has 0 fully saturated rings. The van der Waals surface area contributed by atoms with E-state index in [1.165, 1.54) is 0 Å². The molecule has 0 aliphatic carbocycles. The van der Waals surface area contributed by atoms with Gasteiger partial charge < -0.3 is 4.74 Å². The molecule has 0 saturated heterocycles. The first kappa shape index (κ1) is 20.5. The zero-order valence-corrected chi connectivity index (χ0v) is 17.5. The highest BCUT2D eigenvalue weighted by molar-refractivity contribution is 5.80. The third-order valence-electron chi connectivity index (χ3n) is 5.30. The second kappa shape index (κ2) is 9.39. The maximum Gasteiger partial charge on any atom is 0.306 e. The highest BCUT2D eigenvalue weighted by Crippen LogP contribution is 2.19. The normalized spacial score (nSPS) is 10.9. The van der Waals surface area contributed by atoms with Crippen molar-refractivity contribution in [2.45, 2.75) is 32.9 Å². The molecule has 1 aromatic heterocycles. The van der Waals surface area contributed by atoms with Crippen LogP contribution in [0.2, 0.25) is 0 Å². The Kier molecular flexibility index (Phi) is 6.22. The van der Waals surface area contributed by atoms with Crippen molar-refractivity contribution in [3.63, 3.8) is 0 Å². The Morgan fingerprint density at radius 1 is 0.935 bits per heavy atom. The average Bonchev–Trinajstić information content (AvgIpc) is 2.80. The molecule has 0 aliphatic rings. The van der Waals surface area contributed by atoms with Gasteiger partial charge in [0.05, 0.1) is 17.2 Å². The van der Waals surface area contributed by atoms with Crippen molar-refractivity contribution in [2.24, 2.45) is 0 Å². The van der Waals surface area contributed by atoms with E-state index in [0.29, 0.717) is 18.4 Å². The van der Waals surface area contributed by atoms with Gasteiger partial charge in [0.25, 0.3) is 5.56 Å². The first-order chi connectivity index (χ1) is 15.1. The summed E-state index contributed by atoms with van der Waals surface area (Å²) in [7, 11) is 0. The van der Waals surface area contributed by atoms with Gasteiger partial charge in [-0.05, 0) is 41.7 Å². The SMILES string of the molecule is Cc1cccc2c(=O)n(CCCC(=O)OCc3ccc(-c4ccccc4)cc3)cnc12. The van der Waals surface area contributed by atoms with Gasteiger partial charge >= 0.3 is 5.97 Å². The summed E-state index contributed by atoms with van der Waals surface area (Å²) in [6.45, 7) is 2.60. The Labute approximate surface area is 181 Å². The maximum atomic E-state index is 12.6. The lowest BCUT2D eigenvalue weighted by molar-refractivity contribution is -0.145. The molecule has 5 nitrogen and oxygen atoms in total. The summed E-state index contributed by atoms with van der Waals surface area (Å²) in [6.07, 6.45) is 2.32. The summed E-state index contributed by atoms with van der Waals surface area (Å²) in [5, 5.41) is 0.601. The fourth-order valence-corrected chi connectivity index (χ4v) is 3.55. The van der Waals surface area contributed by atoms with Crippen molar-refractivity contribution < 1.29 is 9.53 Å². The van der Waals surface area contributed by atoms with Crippen molar-refractivity contribution >= 4 is 16.9 Å². The summed E-state index contributed by atoms with van der Waals surface area (Å²) >= 11 is 0. The smallest absolute Gasteiger partial charge is 0.306 e. The minimum Gasteiger partial charge on any atom is -0.461 e. The van der Waals surface area contributed by atoms with E-state index in [1.807, 2.05) is 61.5 Å². The quantitative estimate of drug-likeness (QED) is 0.405. The minimum atomic E-state index is -0.273. The third kappa shape index (κ3) is 4.89. The van der Waals surface area contributed by atoms with Gasteiger partial charge in [0.1, 0.15) is 6.61 Å². The zero-order valence-electron chi connectivity index (χ0n) is 17.5. The fraction of sp³-hybridized carbons (Fsp3) is 0.192. The highest BCUT2D eigenvalue weighted by atomic mass is 16.5. The molecule has 0 unspecified atom stereocenters. The van der Waals surface area contributed by atoms with Crippen molar-refractivity contribution in [2.75, 3.05) is 0 Å². The molecule has 3 aromatic carbocycles. The molecule has 0 amide bonds. The monoisotopic (exact) mass is 412 g/mol. The van der Waals surface area contributed by atoms with Crippen LogP contribution in [0, 0.1) is 6.92 Å². The number of benzene rings is 3. The van der Waals surface area contributed by atoms with E-state index in [9.17, 15) is 9.59 Å². The average molecular weight is 412 g/mol. The second-order valence-electron chi connectivity index (χ2n) is 7.54. The van der Waals surface area contributed by atoms with Gasteiger partial charge in [0, 0.05) is 13.0 Å². The topological polar surface area (TPSA) is 61.2 Å². The van der Waals surface area contributed by atoms with Crippen molar-refractivity contribution in [3.8, 4) is 11.1 Å². The number of nitrogens with zero attached hydrogens (tertiary/aromatic N) is 2. The first-order valence-corrected chi connectivity index (χ1v) is 10.4. The number of carbonyl (C=O) groups excluding carboxylic acids is 1. The molecule has 31 heavy (non-hydrogen) atoms. The number of para-hydroxylation sites is 1. The molecule has 5 heteroatoms. The first-order valence-electron chi connectivity index (χ1n) is 10.4. The number of fused-ring (bicyclic) bond motifs is 1. The number of rotatable bonds is 7. The largest absolute Gasteiger partial charge is 0.461 e. The Morgan fingerprint density at radius 2 is 1.68 bits per heavy atom. The van der Waals surface area contributed by atoms with Crippen LogP contribution in [0.3, 0.4) is 0 Å². The van der Waals surface area contributed by atoms with Gasteiger partial charge in [0.15, 0.2) is 0 Å². The number of aryl methyl sites for hydroxylation is 2. The second-order valence-corrected chi connectivity index (χ2v) is 7.54. The van der Waals surface area contributed by atoms with Crippen LogP contribution in [0.25, 0.3) is 22.0 Å². The van der Waals surface area contributed by atoms with Crippen molar-refractivity contribution in [3.05, 3.63) is 101 Å². The van der Waals surface area contributed by atoms with E-state index in [1.54, 1.807) is 17.0 Å². The van der Waals surface area contributed by atoms with E-state index in [4.69, 9.17) is 4.74 Å². The molecular weight excluding hydrogens is 388 g/mol. The minimum absolute atomic E-state index is 0.0828. The maximum absolute atomic E-state index is 12.6. The van der Waals surface area contributed by atoms with Gasteiger partial charge in [-0.15, -0.1) is 0 Å². The summed E-state index contributed by atoms with van der Waals surface area (Å²) in [4.78, 5) is 29.1. The summed E-state index contributed by atoms with van der Waals surface area (Å²) in [5.74, 6) is -0.273. The van der Waals surface area contributed by atoms with Crippen LogP contribution in [-0.4, -0.2) is 15.5 Å². The summed E-state index contributed by atoms with van der Waals surface area (Å²) in [5.41, 5.74) is 4.84. The standard InChI is InChI=1S/C26H24N2O3/c1-19-7-5-10-23-25(19)27-18-28(26(23)30)16-6-11-24(29)31-17-20-12-14-22(15-13-20)21-8-3-2-4-9-21/h2-5,7-10,12-15,18H,6,11,16-17H2,1H3. The summed E-state index contributed by atoms with van der Waals surface area (Å²) in [6, 6.07) is 23.7. The van der Waals surface area contributed by atoms with E-state index < -0.39 is 0 Å².